The number of fused-ring (bicyclic) bond motifs is 3. The molecule has 1 unspecified atom stereocenters. The molecule has 1 aliphatic rings. The molecule has 0 bridgehead atoms. The molecule has 0 heterocycles. The molecule has 1 aliphatic carbocycles. The lowest BCUT2D eigenvalue weighted by Crippen LogP contribution is -2.29. The van der Waals surface area contributed by atoms with Crippen molar-refractivity contribution in [2.45, 2.75) is 32.8 Å². The molecule has 10 nitrogen and oxygen atoms in total. The number of rotatable bonds is 27. The molecule has 7 aromatic carbocycles. The monoisotopic (exact) mass is 971 g/mol. The van der Waals surface area contributed by atoms with Crippen molar-refractivity contribution in [1.29, 1.82) is 0 Å². The molecule has 0 fully saturated rings. The molecular formula is C62H70N2O8. The van der Waals surface area contributed by atoms with Gasteiger partial charge in [-0.2, -0.15) is 0 Å². The van der Waals surface area contributed by atoms with Crippen LogP contribution in [-0.2, 0) is 40.4 Å². The van der Waals surface area contributed by atoms with E-state index in [1.807, 2.05) is 0 Å². The number of aryl methyl sites for hydroxylation is 3. The Morgan fingerprint density at radius 1 is 0.472 bits per heavy atom. The van der Waals surface area contributed by atoms with E-state index in [9.17, 15) is 0 Å². The summed E-state index contributed by atoms with van der Waals surface area (Å²) in [4.78, 5) is 4.44. The first kappa shape index (κ1) is 52.0. The van der Waals surface area contributed by atoms with Gasteiger partial charge >= 0.3 is 0 Å². The molecule has 0 amide bonds. The molecule has 0 saturated heterocycles. The zero-order valence-electron chi connectivity index (χ0n) is 42.8. The lowest BCUT2D eigenvalue weighted by Gasteiger charge is -2.36. The fourth-order valence-corrected chi connectivity index (χ4v) is 9.60. The van der Waals surface area contributed by atoms with Gasteiger partial charge in [0.15, 0.2) is 0 Å². The normalized spacial score (nSPS) is 13.8. The maximum Gasteiger partial charge on any atom is 0.142 e. The first-order valence-electron chi connectivity index (χ1n) is 25.0. The van der Waals surface area contributed by atoms with Crippen LogP contribution in [-0.4, -0.2) is 106 Å². The zero-order chi connectivity index (χ0) is 50.3. The Kier molecular flexibility index (Phi) is 18.3. The fourth-order valence-electron chi connectivity index (χ4n) is 9.60. The number of aliphatic hydroxyl groups is 1. The third-order valence-corrected chi connectivity index (χ3v) is 13.2. The third kappa shape index (κ3) is 12.1. The number of aliphatic hydroxyl groups excluding tert-OH is 1. The van der Waals surface area contributed by atoms with Crippen molar-refractivity contribution < 1.29 is 38.3 Å². The van der Waals surface area contributed by atoms with E-state index >= 15 is 0 Å². The van der Waals surface area contributed by atoms with E-state index < -0.39 is 5.41 Å². The van der Waals surface area contributed by atoms with E-state index in [4.69, 9.17) is 38.3 Å². The zero-order valence-corrected chi connectivity index (χ0v) is 42.8. The second-order valence-corrected chi connectivity index (χ2v) is 18.4. The van der Waals surface area contributed by atoms with Crippen molar-refractivity contribution in [2.75, 3.05) is 110 Å². The highest BCUT2D eigenvalue weighted by Gasteiger charge is 2.47. The Morgan fingerprint density at radius 2 is 1.01 bits per heavy atom. The van der Waals surface area contributed by atoms with Crippen LogP contribution < -0.4 is 14.5 Å². The lowest BCUT2D eigenvalue weighted by atomic mass is 9.66. The SMILES string of the molecule is COCCOCCOCCOc1ccc(C2(c3ccc(COCCOCCOCCO)c(C)c3)c3cc(C)ccc3-c3ccc(-c4ccc(N(c5ccccc5)c5ccc(C)cc5)cc4)cc32)cc1N(C)C. The summed E-state index contributed by atoms with van der Waals surface area (Å²) in [6.45, 7) is 12.0. The summed E-state index contributed by atoms with van der Waals surface area (Å²) in [6, 6.07) is 55.7. The van der Waals surface area contributed by atoms with Crippen LogP contribution in [0.15, 0.2) is 152 Å². The number of hydrogen-bond acceptors (Lipinski definition) is 10. The van der Waals surface area contributed by atoms with Gasteiger partial charge in [-0.25, -0.2) is 0 Å². The number of anilines is 4. The van der Waals surface area contributed by atoms with Crippen molar-refractivity contribution in [1.82, 2.24) is 0 Å². The molecule has 0 spiro atoms. The van der Waals surface area contributed by atoms with E-state index in [0.29, 0.717) is 79.3 Å². The minimum atomic E-state index is -0.701. The van der Waals surface area contributed by atoms with Crippen molar-refractivity contribution in [3.05, 3.63) is 196 Å². The summed E-state index contributed by atoms with van der Waals surface area (Å²) in [5, 5.41) is 8.96. The van der Waals surface area contributed by atoms with Crippen LogP contribution in [0.1, 0.15) is 44.5 Å². The average molecular weight is 971 g/mol. The van der Waals surface area contributed by atoms with Crippen molar-refractivity contribution in [3.63, 3.8) is 0 Å². The Bertz CT molecular complexity index is 2820. The number of nitrogens with zero attached hydrogens (tertiary/aromatic N) is 2. The largest absolute Gasteiger partial charge is 0.489 e. The topological polar surface area (TPSA) is 91.3 Å². The van der Waals surface area contributed by atoms with Gasteiger partial charge in [-0.05, 0) is 131 Å². The summed E-state index contributed by atoms with van der Waals surface area (Å²) in [7, 11) is 5.81. The van der Waals surface area contributed by atoms with Crippen LogP contribution >= 0.6 is 0 Å². The number of benzene rings is 7. The van der Waals surface area contributed by atoms with E-state index in [1.54, 1.807) is 7.11 Å². The Balaban J connectivity index is 1.18. The molecule has 0 aliphatic heterocycles. The molecule has 72 heavy (non-hydrogen) atoms. The lowest BCUT2D eigenvalue weighted by molar-refractivity contribution is 0.00444. The van der Waals surface area contributed by atoms with E-state index in [0.717, 1.165) is 56.3 Å². The minimum Gasteiger partial charge on any atom is -0.489 e. The molecule has 1 N–H and O–H groups in total. The van der Waals surface area contributed by atoms with Crippen LogP contribution in [0.25, 0.3) is 22.3 Å². The van der Waals surface area contributed by atoms with E-state index in [-0.39, 0.29) is 6.61 Å². The molecule has 376 valence electrons. The number of para-hydroxylation sites is 1. The van der Waals surface area contributed by atoms with Gasteiger partial charge in [-0.3, -0.25) is 0 Å². The highest BCUT2D eigenvalue weighted by Crippen LogP contribution is 2.58. The molecule has 0 aromatic heterocycles. The highest BCUT2D eigenvalue weighted by molar-refractivity contribution is 5.89. The molecular weight excluding hydrogens is 901 g/mol. The van der Waals surface area contributed by atoms with Gasteiger partial charge < -0.3 is 48.1 Å². The predicted octanol–water partition coefficient (Wildman–Crippen LogP) is 11.8. The summed E-state index contributed by atoms with van der Waals surface area (Å²) < 4.78 is 40.1. The molecule has 0 radical (unpaired) electrons. The summed E-state index contributed by atoms with van der Waals surface area (Å²) in [5.74, 6) is 0.788. The summed E-state index contributed by atoms with van der Waals surface area (Å²) >= 11 is 0. The maximum absolute atomic E-state index is 8.96. The second kappa shape index (κ2) is 25.4. The number of ether oxygens (including phenoxy) is 7. The minimum absolute atomic E-state index is 0.00373. The standard InChI is InChI=1S/C62H70N2O8/c1-45-12-21-54(22-13-45)64(53-10-8-7-9-11-53)55-23-16-48(17-24-55)49-18-26-57-56-25-14-46(2)40-58(56)62(59(57)42-49,51-19-15-50(47(3)41-51)44-71-37-36-69-33-32-67-29-28-65)52-20-27-61(60(43-52)63(4)5)72-39-38-70-35-34-68-31-30-66-6/h7-27,40-43,65H,28-39,44H2,1-6H3. The van der Waals surface area contributed by atoms with Crippen LogP contribution in [0, 0.1) is 20.8 Å². The van der Waals surface area contributed by atoms with Gasteiger partial charge in [0.2, 0.25) is 0 Å². The van der Waals surface area contributed by atoms with Gasteiger partial charge in [-0.15, -0.1) is 0 Å². The third-order valence-electron chi connectivity index (χ3n) is 13.2. The first-order chi connectivity index (χ1) is 35.2. The van der Waals surface area contributed by atoms with Gasteiger partial charge in [-0.1, -0.05) is 108 Å². The Morgan fingerprint density at radius 3 is 1.67 bits per heavy atom. The fraction of sp³-hybridized carbons (Fsp3) is 0.323. The molecule has 8 rings (SSSR count). The smallest absolute Gasteiger partial charge is 0.142 e. The maximum atomic E-state index is 8.96. The predicted molar refractivity (Wildman–Crippen MR) is 290 cm³/mol. The van der Waals surface area contributed by atoms with Crippen LogP contribution in [0.3, 0.4) is 0 Å². The van der Waals surface area contributed by atoms with E-state index in [1.165, 1.54) is 38.9 Å². The summed E-state index contributed by atoms with van der Waals surface area (Å²) in [5.41, 5.74) is 17.7. The molecule has 0 saturated carbocycles. The molecule has 7 aromatic rings. The van der Waals surface area contributed by atoms with Crippen LogP contribution in [0.5, 0.6) is 5.75 Å². The summed E-state index contributed by atoms with van der Waals surface area (Å²) in [6.07, 6.45) is 0. The van der Waals surface area contributed by atoms with Crippen molar-refractivity contribution >= 4 is 22.7 Å². The average Bonchev–Trinajstić information content (AvgIpc) is 3.68. The molecule has 1 atom stereocenters. The van der Waals surface area contributed by atoms with Gasteiger partial charge in [0, 0.05) is 38.3 Å². The second-order valence-electron chi connectivity index (χ2n) is 18.4. The first-order valence-corrected chi connectivity index (χ1v) is 25.0. The van der Waals surface area contributed by atoms with Gasteiger partial charge in [0.05, 0.1) is 90.4 Å². The Labute approximate surface area is 426 Å². The number of methoxy groups -OCH3 is 1. The van der Waals surface area contributed by atoms with Crippen molar-refractivity contribution in [3.8, 4) is 28.0 Å². The van der Waals surface area contributed by atoms with Gasteiger partial charge in [0.1, 0.15) is 12.4 Å². The highest BCUT2D eigenvalue weighted by atomic mass is 16.6. The quantitative estimate of drug-likeness (QED) is 0.0502. The van der Waals surface area contributed by atoms with Gasteiger partial charge in [0.25, 0.3) is 0 Å². The Hall–Kier alpha value is -6.34. The number of hydrogen-bond donors (Lipinski definition) is 1. The van der Waals surface area contributed by atoms with Crippen LogP contribution in [0.4, 0.5) is 22.7 Å². The van der Waals surface area contributed by atoms with E-state index in [2.05, 4.69) is 196 Å². The van der Waals surface area contributed by atoms with Crippen molar-refractivity contribution in [2.24, 2.45) is 0 Å². The van der Waals surface area contributed by atoms with Crippen LogP contribution in [0.2, 0.25) is 0 Å². The molecule has 10 heteroatoms.